The van der Waals surface area contributed by atoms with Crippen LogP contribution in [0.1, 0.15) is 19.8 Å². The summed E-state index contributed by atoms with van der Waals surface area (Å²) in [5.41, 5.74) is 0. The Kier molecular flexibility index (Phi) is 3.12. The zero-order chi connectivity index (χ0) is 7.40. The highest BCUT2D eigenvalue weighted by Gasteiger charge is 2.19. The summed E-state index contributed by atoms with van der Waals surface area (Å²) in [6.07, 6.45) is 1.25. The summed E-state index contributed by atoms with van der Waals surface area (Å²) >= 11 is 0. The van der Waals surface area contributed by atoms with Crippen LogP contribution in [0.3, 0.4) is 0 Å². The van der Waals surface area contributed by atoms with Crippen molar-refractivity contribution in [2.75, 3.05) is 13.2 Å². The predicted octanol–water partition coefficient (Wildman–Crippen LogP) is 0.520. The van der Waals surface area contributed by atoms with E-state index in [0.717, 1.165) is 13.0 Å². The van der Waals surface area contributed by atoms with Crippen LogP contribution in [0.5, 0.6) is 0 Å². The maximum Gasteiger partial charge on any atom is 0.154 e. The molecule has 1 saturated heterocycles. The number of aliphatic hydroxyl groups is 1. The smallest absolute Gasteiger partial charge is 0.154 e. The molecule has 0 spiro atoms. The molecular weight excluding hydrogens is 132 g/mol. The lowest BCUT2D eigenvalue weighted by atomic mass is 10.1. The van der Waals surface area contributed by atoms with Crippen molar-refractivity contribution >= 4 is 0 Å². The van der Waals surface area contributed by atoms with Gasteiger partial charge in [-0.2, -0.15) is 0 Å². The van der Waals surface area contributed by atoms with E-state index in [1.807, 2.05) is 6.92 Å². The minimum atomic E-state index is -0.559. The second-order valence-electron chi connectivity index (χ2n) is 2.44. The van der Waals surface area contributed by atoms with E-state index in [1.54, 1.807) is 0 Å². The van der Waals surface area contributed by atoms with Gasteiger partial charge in [0.15, 0.2) is 6.29 Å². The van der Waals surface area contributed by atoms with Crippen LogP contribution in [0, 0.1) is 0 Å². The van der Waals surface area contributed by atoms with Crippen molar-refractivity contribution < 1.29 is 14.6 Å². The van der Waals surface area contributed by atoms with Gasteiger partial charge in [0.2, 0.25) is 0 Å². The van der Waals surface area contributed by atoms with Gasteiger partial charge in [-0.1, -0.05) is 0 Å². The van der Waals surface area contributed by atoms with Crippen LogP contribution < -0.4 is 0 Å². The normalized spacial score (nSPS) is 34.2. The third kappa shape index (κ3) is 2.25. The van der Waals surface area contributed by atoms with Gasteiger partial charge in [0.05, 0.1) is 12.7 Å². The average molecular weight is 146 g/mol. The van der Waals surface area contributed by atoms with Crippen molar-refractivity contribution in [2.45, 2.75) is 32.2 Å². The fourth-order valence-corrected chi connectivity index (χ4v) is 1.08. The summed E-state index contributed by atoms with van der Waals surface area (Å²) in [5.74, 6) is 0. The van der Waals surface area contributed by atoms with E-state index >= 15 is 0 Å². The second kappa shape index (κ2) is 3.91. The van der Waals surface area contributed by atoms with Gasteiger partial charge < -0.3 is 14.6 Å². The first-order valence-corrected chi connectivity index (χ1v) is 3.74. The van der Waals surface area contributed by atoms with E-state index in [4.69, 9.17) is 14.6 Å². The van der Waals surface area contributed by atoms with Gasteiger partial charge in [-0.25, -0.2) is 0 Å². The molecule has 3 heteroatoms. The lowest BCUT2D eigenvalue weighted by Gasteiger charge is -2.25. The van der Waals surface area contributed by atoms with Gasteiger partial charge in [-0.05, 0) is 13.3 Å². The first-order valence-electron chi connectivity index (χ1n) is 3.74. The predicted molar refractivity (Wildman–Crippen MR) is 36.6 cm³/mol. The topological polar surface area (TPSA) is 38.7 Å². The lowest BCUT2D eigenvalue weighted by Crippen LogP contribution is -2.31. The standard InChI is InChI=1S/C7H14O3/c1-2-9-6-3-4-7(8)10-5-6/h6-8H,2-5H2,1H3. The van der Waals surface area contributed by atoms with Gasteiger partial charge in [0.1, 0.15) is 0 Å². The third-order valence-corrected chi connectivity index (χ3v) is 1.61. The fraction of sp³-hybridized carbons (Fsp3) is 1.00. The summed E-state index contributed by atoms with van der Waals surface area (Å²) in [6.45, 7) is 3.23. The molecule has 0 aromatic carbocycles. The van der Waals surface area contributed by atoms with E-state index < -0.39 is 6.29 Å². The number of ether oxygens (including phenoxy) is 2. The molecule has 1 heterocycles. The average Bonchev–Trinajstić information content (AvgIpc) is 1.95. The van der Waals surface area contributed by atoms with Crippen molar-refractivity contribution in [1.82, 2.24) is 0 Å². The fourth-order valence-electron chi connectivity index (χ4n) is 1.08. The molecule has 1 fully saturated rings. The number of hydrogen-bond acceptors (Lipinski definition) is 3. The molecule has 10 heavy (non-hydrogen) atoms. The SMILES string of the molecule is CCOC1CCC(O)OC1. The first-order chi connectivity index (χ1) is 4.83. The van der Waals surface area contributed by atoms with Crippen molar-refractivity contribution in [3.63, 3.8) is 0 Å². The zero-order valence-electron chi connectivity index (χ0n) is 6.25. The van der Waals surface area contributed by atoms with Crippen LogP contribution in [0.2, 0.25) is 0 Å². The lowest BCUT2D eigenvalue weighted by molar-refractivity contribution is -0.166. The van der Waals surface area contributed by atoms with E-state index in [9.17, 15) is 0 Å². The van der Waals surface area contributed by atoms with Crippen LogP contribution in [-0.2, 0) is 9.47 Å². The third-order valence-electron chi connectivity index (χ3n) is 1.61. The largest absolute Gasteiger partial charge is 0.376 e. The highest BCUT2D eigenvalue weighted by Crippen LogP contribution is 2.13. The Morgan fingerprint density at radius 2 is 2.40 bits per heavy atom. The second-order valence-corrected chi connectivity index (χ2v) is 2.44. The Morgan fingerprint density at radius 1 is 1.60 bits per heavy atom. The Hall–Kier alpha value is -0.120. The van der Waals surface area contributed by atoms with Crippen LogP contribution >= 0.6 is 0 Å². The number of rotatable bonds is 2. The van der Waals surface area contributed by atoms with Crippen LogP contribution in [0.25, 0.3) is 0 Å². The molecule has 0 radical (unpaired) electrons. The van der Waals surface area contributed by atoms with Crippen molar-refractivity contribution in [2.24, 2.45) is 0 Å². The molecule has 1 aliphatic heterocycles. The molecule has 0 aliphatic carbocycles. The molecule has 0 aromatic rings. The van der Waals surface area contributed by atoms with Gasteiger partial charge >= 0.3 is 0 Å². The number of aliphatic hydroxyl groups excluding tert-OH is 1. The molecule has 0 saturated carbocycles. The maximum absolute atomic E-state index is 8.92. The molecule has 3 nitrogen and oxygen atoms in total. The van der Waals surface area contributed by atoms with Gasteiger partial charge in [0, 0.05) is 13.0 Å². The zero-order valence-corrected chi connectivity index (χ0v) is 6.25. The summed E-state index contributed by atoms with van der Waals surface area (Å²) < 4.78 is 10.3. The molecular formula is C7H14O3. The molecule has 0 aromatic heterocycles. The Morgan fingerprint density at radius 3 is 2.90 bits per heavy atom. The highest BCUT2D eigenvalue weighted by atomic mass is 16.6. The molecule has 1 aliphatic rings. The highest BCUT2D eigenvalue weighted by molar-refractivity contribution is 4.63. The molecule has 0 bridgehead atoms. The monoisotopic (exact) mass is 146 g/mol. The van der Waals surface area contributed by atoms with Gasteiger partial charge in [0.25, 0.3) is 0 Å². The van der Waals surface area contributed by atoms with Crippen LogP contribution in [0.15, 0.2) is 0 Å². The maximum atomic E-state index is 8.92. The minimum Gasteiger partial charge on any atom is -0.376 e. The quantitative estimate of drug-likeness (QED) is 0.617. The molecule has 60 valence electrons. The van der Waals surface area contributed by atoms with Gasteiger partial charge in [-0.3, -0.25) is 0 Å². The van der Waals surface area contributed by atoms with Crippen molar-refractivity contribution in [1.29, 1.82) is 0 Å². The van der Waals surface area contributed by atoms with E-state index in [-0.39, 0.29) is 6.10 Å². The molecule has 1 rings (SSSR count). The Balaban J connectivity index is 2.13. The minimum absolute atomic E-state index is 0.202. The van der Waals surface area contributed by atoms with Crippen molar-refractivity contribution in [3.8, 4) is 0 Å². The summed E-state index contributed by atoms with van der Waals surface area (Å²) in [7, 11) is 0. The van der Waals surface area contributed by atoms with Crippen LogP contribution in [-0.4, -0.2) is 30.7 Å². The summed E-state index contributed by atoms with van der Waals surface area (Å²) in [4.78, 5) is 0. The first kappa shape index (κ1) is 7.98. The van der Waals surface area contributed by atoms with Gasteiger partial charge in [-0.15, -0.1) is 0 Å². The summed E-state index contributed by atoms with van der Waals surface area (Å²) in [6, 6.07) is 0. The van der Waals surface area contributed by atoms with E-state index in [0.29, 0.717) is 13.0 Å². The summed E-state index contributed by atoms with van der Waals surface area (Å²) in [5, 5.41) is 8.92. The Bertz CT molecular complexity index is 86.9. The molecule has 2 atom stereocenters. The van der Waals surface area contributed by atoms with E-state index in [1.165, 1.54) is 0 Å². The Labute approximate surface area is 60.9 Å². The molecule has 1 N–H and O–H groups in total. The molecule has 2 unspecified atom stereocenters. The number of hydrogen-bond donors (Lipinski definition) is 1. The van der Waals surface area contributed by atoms with E-state index in [2.05, 4.69) is 0 Å². The van der Waals surface area contributed by atoms with Crippen molar-refractivity contribution in [3.05, 3.63) is 0 Å². The van der Waals surface area contributed by atoms with Crippen LogP contribution in [0.4, 0.5) is 0 Å². The molecule has 0 amide bonds.